The Morgan fingerprint density at radius 3 is 2.40 bits per heavy atom. The number of ketones is 1. The Morgan fingerprint density at radius 1 is 1.16 bits per heavy atom. The molecule has 1 amide bonds. The van der Waals surface area contributed by atoms with E-state index < -0.39 is 12.3 Å². The van der Waals surface area contributed by atoms with Crippen LogP contribution in [-0.2, 0) is 9.53 Å². The first-order chi connectivity index (χ1) is 12.1. The van der Waals surface area contributed by atoms with Gasteiger partial charge in [-0.15, -0.1) is 0 Å². The number of carbonyl (C=O) groups excluding carboxylic acids is 2. The van der Waals surface area contributed by atoms with Gasteiger partial charge in [-0.25, -0.2) is 9.18 Å². The fourth-order valence-electron chi connectivity index (χ4n) is 2.92. The van der Waals surface area contributed by atoms with Gasteiger partial charge in [0.05, 0.1) is 13.1 Å². The first-order valence-corrected chi connectivity index (χ1v) is 8.78. The summed E-state index contributed by atoms with van der Waals surface area (Å²) in [5.41, 5.74) is 7.08. The van der Waals surface area contributed by atoms with E-state index in [4.69, 9.17) is 10.5 Å². The van der Waals surface area contributed by atoms with Crippen LogP contribution in [-0.4, -0.2) is 50.3 Å². The number of hydrogen-bond donors (Lipinski definition) is 1. The molecule has 2 atom stereocenters. The number of hydrogen-bond acceptors (Lipinski definition) is 5. The van der Waals surface area contributed by atoms with Gasteiger partial charge in [-0.2, -0.15) is 0 Å². The van der Waals surface area contributed by atoms with E-state index in [1.54, 1.807) is 12.1 Å². The van der Waals surface area contributed by atoms with Crippen LogP contribution in [0, 0.1) is 0 Å². The molecule has 0 saturated carbocycles. The smallest absolute Gasteiger partial charge is 0.414 e. The highest BCUT2D eigenvalue weighted by Crippen LogP contribution is 2.26. The Bertz CT molecular complexity index is 594. The SMILES string of the molecule is CC.NCC1CN(c2ccc(N3CCCC(=O)C(F)C3)cc2)C(=O)O1. The molecule has 0 radical (unpaired) electrons. The lowest BCUT2D eigenvalue weighted by atomic mass is 10.2. The molecule has 7 heteroatoms. The third-order valence-corrected chi connectivity index (χ3v) is 4.24. The highest BCUT2D eigenvalue weighted by Gasteiger charge is 2.31. The molecule has 25 heavy (non-hydrogen) atoms. The van der Waals surface area contributed by atoms with Gasteiger partial charge in [0.25, 0.3) is 0 Å². The number of rotatable bonds is 3. The average molecular weight is 351 g/mol. The van der Waals surface area contributed by atoms with Crippen molar-refractivity contribution in [3.8, 4) is 0 Å². The van der Waals surface area contributed by atoms with Crippen LogP contribution >= 0.6 is 0 Å². The second kappa shape index (κ2) is 8.80. The van der Waals surface area contributed by atoms with E-state index in [-0.39, 0.29) is 24.9 Å². The van der Waals surface area contributed by atoms with E-state index in [1.165, 1.54) is 4.90 Å². The molecule has 138 valence electrons. The van der Waals surface area contributed by atoms with Crippen molar-refractivity contribution in [3.63, 3.8) is 0 Å². The summed E-state index contributed by atoms with van der Waals surface area (Å²) < 4.78 is 18.9. The lowest BCUT2D eigenvalue weighted by Crippen LogP contribution is -2.31. The van der Waals surface area contributed by atoms with Crippen molar-refractivity contribution in [2.45, 2.75) is 39.0 Å². The minimum Gasteiger partial charge on any atom is -0.443 e. The molecule has 3 rings (SSSR count). The first-order valence-electron chi connectivity index (χ1n) is 8.78. The number of alkyl halides is 1. The predicted molar refractivity (Wildman–Crippen MR) is 95.8 cm³/mol. The quantitative estimate of drug-likeness (QED) is 0.905. The van der Waals surface area contributed by atoms with Crippen LogP contribution < -0.4 is 15.5 Å². The second-order valence-electron chi connectivity index (χ2n) is 5.85. The molecule has 0 spiro atoms. The van der Waals surface area contributed by atoms with Crippen LogP contribution in [0.1, 0.15) is 26.7 Å². The number of carbonyl (C=O) groups is 2. The molecule has 0 bridgehead atoms. The number of cyclic esters (lactones) is 1. The zero-order valence-corrected chi connectivity index (χ0v) is 14.8. The van der Waals surface area contributed by atoms with E-state index in [9.17, 15) is 14.0 Å². The highest BCUT2D eigenvalue weighted by atomic mass is 19.1. The molecule has 2 saturated heterocycles. The minimum absolute atomic E-state index is 0.0825. The zero-order chi connectivity index (χ0) is 18.4. The molecule has 1 aromatic carbocycles. The second-order valence-corrected chi connectivity index (χ2v) is 5.85. The lowest BCUT2D eigenvalue weighted by molar-refractivity contribution is -0.123. The summed E-state index contributed by atoms with van der Waals surface area (Å²) in [5.74, 6) is -0.322. The van der Waals surface area contributed by atoms with Crippen molar-refractivity contribution in [1.82, 2.24) is 0 Å². The van der Waals surface area contributed by atoms with Gasteiger partial charge in [-0.1, -0.05) is 13.8 Å². The van der Waals surface area contributed by atoms with Gasteiger partial charge in [0.1, 0.15) is 6.10 Å². The van der Waals surface area contributed by atoms with Crippen molar-refractivity contribution in [1.29, 1.82) is 0 Å². The van der Waals surface area contributed by atoms with Crippen LogP contribution in [0.15, 0.2) is 24.3 Å². The van der Waals surface area contributed by atoms with Crippen LogP contribution in [0.5, 0.6) is 0 Å². The molecule has 2 N–H and O–H groups in total. The van der Waals surface area contributed by atoms with Gasteiger partial charge < -0.3 is 15.4 Å². The molecule has 2 heterocycles. The predicted octanol–water partition coefficient (Wildman–Crippen LogP) is 2.50. The number of nitrogens with zero attached hydrogens (tertiary/aromatic N) is 2. The van der Waals surface area contributed by atoms with Gasteiger partial charge in [0.15, 0.2) is 12.0 Å². The number of benzene rings is 1. The summed E-state index contributed by atoms with van der Waals surface area (Å²) >= 11 is 0. The minimum atomic E-state index is -1.43. The van der Waals surface area contributed by atoms with Crippen molar-refractivity contribution < 1.29 is 18.7 Å². The molecule has 2 aliphatic heterocycles. The summed E-state index contributed by atoms with van der Waals surface area (Å²) in [4.78, 5) is 26.6. The third kappa shape index (κ3) is 4.48. The Kier molecular flexibility index (Phi) is 6.75. The number of Topliss-reactive ketones (excluding diaryl/α,β-unsaturated/α-hetero) is 1. The van der Waals surface area contributed by atoms with E-state index in [2.05, 4.69) is 0 Å². The van der Waals surface area contributed by atoms with Crippen molar-refractivity contribution in [3.05, 3.63) is 24.3 Å². The largest absolute Gasteiger partial charge is 0.443 e. The molecule has 2 fully saturated rings. The summed E-state index contributed by atoms with van der Waals surface area (Å²) in [6.45, 7) is 5.45. The maximum atomic E-state index is 13.8. The highest BCUT2D eigenvalue weighted by molar-refractivity contribution is 5.90. The number of halogens is 1. The van der Waals surface area contributed by atoms with E-state index in [0.29, 0.717) is 26.1 Å². The maximum absolute atomic E-state index is 13.8. The molecule has 6 nitrogen and oxygen atoms in total. The third-order valence-electron chi connectivity index (χ3n) is 4.24. The number of amides is 1. The molecule has 1 aromatic rings. The molecular weight excluding hydrogens is 325 g/mol. The van der Waals surface area contributed by atoms with Crippen molar-refractivity contribution in [2.24, 2.45) is 5.73 Å². The van der Waals surface area contributed by atoms with Gasteiger partial charge >= 0.3 is 6.09 Å². The summed E-state index contributed by atoms with van der Waals surface area (Å²) in [6, 6.07) is 7.27. The Hall–Kier alpha value is -2.15. The Labute approximate surface area is 147 Å². The van der Waals surface area contributed by atoms with Crippen molar-refractivity contribution >= 4 is 23.3 Å². The first kappa shape index (κ1) is 19.2. The summed E-state index contributed by atoms with van der Waals surface area (Å²) in [5, 5.41) is 0. The summed E-state index contributed by atoms with van der Waals surface area (Å²) in [6.07, 6.45) is -1.19. The monoisotopic (exact) mass is 351 g/mol. The van der Waals surface area contributed by atoms with E-state index >= 15 is 0 Å². The van der Waals surface area contributed by atoms with Crippen molar-refractivity contribution in [2.75, 3.05) is 36.0 Å². The van der Waals surface area contributed by atoms with Gasteiger partial charge in [-0.3, -0.25) is 9.69 Å². The number of nitrogens with two attached hydrogens (primary N) is 1. The maximum Gasteiger partial charge on any atom is 0.414 e. The van der Waals surface area contributed by atoms with Gasteiger partial charge in [0, 0.05) is 30.9 Å². The Balaban J connectivity index is 0.00000109. The average Bonchev–Trinajstić information content (AvgIpc) is 2.94. The van der Waals surface area contributed by atoms with E-state index in [1.807, 2.05) is 30.9 Å². The Morgan fingerprint density at radius 2 is 1.80 bits per heavy atom. The fraction of sp³-hybridized carbons (Fsp3) is 0.556. The molecule has 2 aliphatic rings. The molecule has 0 aliphatic carbocycles. The van der Waals surface area contributed by atoms with Crippen LogP contribution in [0.4, 0.5) is 20.6 Å². The molecule has 2 unspecified atom stereocenters. The van der Waals surface area contributed by atoms with Crippen LogP contribution in [0.3, 0.4) is 0 Å². The van der Waals surface area contributed by atoms with E-state index in [0.717, 1.165) is 11.4 Å². The lowest BCUT2D eigenvalue weighted by Gasteiger charge is -2.24. The normalized spacial score (nSPS) is 23.7. The fourth-order valence-corrected chi connectivity index (χ4v) is 2.92. The van der Waals surface area contributed by atoms with Gasteiger partial charge in [-0.05, 0) is 30.7 Å². The summed E-state index contributed by atoms with van der Waals surface area (Å²) in [7, 11) is 0. The number of ether oxygens (including phenoxy) is 1. The topological polar surface area (TPSA) is 75.9 Å². The van der Waals surface area contributed by atoms with Crippen LogP contribution in [0.2, 0.25) is 0 Å². The van der Waals surface area contributed by atoms with Gasteiger partial charge in [0.2, 0.25) is 0 Å². The molecular formula is C18H26FN3O3. The molecule has 0 aromatic heterocycles. The zero-order valence-electron chi connectivity index (χ0n) is 14.8. The number of anilines is 2. The standard InChI is InChI=1S/C16H20FN3O3.C2H6/c17-14-10-19(7-1-2-15(14)21)11-3-5-12(6-4-11)20-9-13(8-18)23-16(20)22;1-2/h3-6,13-14H,1-2,7-10,18H2;1-2H3. The van der Waals surface area contributed by atoms with Crippen LogP contribution in [0.25, 0.3) is 0 Å².